The molecule has 0 radical (unpaired) electrons. The van der Waals surface area contributed by atoms with E-state index in [9.17, 15) is 8.42 Å². The molecular formula is C12H19ClN2O2S. The number of halogens is 1. The van der Waals surface area contributed by atoms with Gasteiger partial charge in [-0.2, -0.15) is 0 Å². The van der Waals surface area contributed by atoms with Crippen molar-refractivity contribution < 1.29 is 8.42 Å². The van der Waals surface area contributed by atoms with Gasteiger partial charge in [-0.15, -0.1) is 0 Å². The molecule has 4 nitrogen and oxygen atoms in total. The molecule has 0 heterocycles. The lowest BCUT2D eigenvalue weighted by atomic mass is 10.2. The van der Waals surface area contributed by atoms with E-state index in [-0.39, 0.29) is 5.75 Å². The summed E-state index contributed by atoms with van der Waals surface area (Å²) >= 11 is 5.84. The molecule has 1 aromatic carbocycles. The van der Waals surface area contributed by atoms with Crippen LogP contribution in [0.3, 0.4) is 0 Å². The molecule has 0 unspecified atom stereocenters. The van der Waals surface area contributed by atoms with Crippen LogP contribution in [0.5, 0.6) is 0 Å². The molecule has 18 heavy (non-hydrogen) atoms. The van der Waals surface area contributed by atoms with Crippen LogP contribution in [0.4, 0.5) is 0 Å². The van der Waals surface area contributed by atoms with Gasteiger partial charge < -0.3 is 4.90 Å². The maximum absolute atomic E-state index is 12.1. The average Bonchev–Trinajstić information content (AvgIpc) is 2.25. The zero-order chi connectivity index (χ0) is 13.8. The van der Waals surface area contributed by atoms with Crippen LogP contribution < -0.4 is 0 Å². The van der Waals surface area contributed by atoms with Crippen LogP contribution in [0, 0.1) is 0 Å². The summed E-state index contributed by atoms with van der Waals surface area (Å²) in [6.45, 7) is 1.18. The standard InChI is InChI=1S/C12H19ClN2O2S/c1-14(2)7-8-15(3)18(16,17)10-11-5-4-6-12(13)9-11/h4-6,9H,7-8,10H2,1-3H3. The number of nitrogens with zero attached hydrogens (tertiary/aromatic N) is 2. The zero-order valence-electron chi connectivity index (χ0n) is 10.9. The number of rotatable bonds is 6. The summed E-state index contributed by atoms with van der Waals surface area (Å²) in [6.07, 6.45) is 0. The van der Waals surface area contributed by atoms with Crippen molar-refractivity contribution in [1.29, 1.82) is 0 Å². The Kier molecular flexibility index (Phi) is 5.59. The van der Waals surface area contributed by atoms with Gasteiger partial charge in [0.25, 0.3) is 0 Å². The third-order valence-corrected chi connectivity index (χ3v) is 4.64. The Morgan fingerprint density at radius 2 is 1.83 bits per heavy atom. The largest absolute Gasteiger partial charge is 0.308 e. The molecule has 0 spiro atoms. The Hall–Kier alpha value is -0.620. The summed E-state index contributed by atoms with van der Waals surface area (Å²) in [7, 11) is 2.15. The maximum atomic E-state index is 12.1. The highest BCUT2D eigenvalue weighted by Crippen LogP contribution is 2.14. The normalized spacial score (nSPS) is 12.3. The summed E-state index contributed by atoms with van der Waals surface area (Å²) in [5, 5.41) is 0.554. The van der Waals surface area contributed by atoms with E-state index in [1.165, 1.54) is 4.31 Å². The molecule has 102 valence electrons. The summed E-state index contributed by atoms with van der Waals surface area (Å²) in [4.78, 5) is 1.95. The molecule has 0 saturated heterocycles. The number of likely N-dealkylation sites (N-methyl/N-ethyl adjacent to an activating group) is 2. The smallest absolute Gasteiger partial charge is 0.218 e. The van der Waals surface area contributed by atoms with E-state index in [2.05, 4.69) is 0 Å². The van der Waals surface area contributed by atoms with Crippen molar-refractivity contribution >= 4 is 21.6 Å². The van der Waals surface area contributed by atoms with E-state index in [0.29, 0.717) is 23.7 Å². The monoisotopic (exact) mass is 290 g/mol. The van der Waals surface area contributed by atoms with Gasteiger partial charge in [-0.25, -0.2) is 12.7 Å². The number of benzene rings is 1. The average molecular weight is 291 g/mol. The molecule has 0 N–H and O–H groups in total. The van der Waals surface area contributed by atoms with Gasteiger partial charge in [0.2, 0.25) is 10.0 Å². The lowest BCUT2D eigenvalue weighted by molar-refractivity contribution is 0.358. The highest BCUT2D eigenvalue weighted by molar-refractivity contribution is 7.88. The number of hydrogen-bond donors (Lipinski definition) is 0. The van der Waals surface area contributed by atoms with E-state index >= 15 is 0 Å². The minimum absolute atomic E-state index is 0.0164. The topological polar surface area (TPSA) is 40.6 Å². The van der Waals surface area contributed by atoms with E-state index in [1.807, 2.05) is 19.0 Å². The fourth-order valence-corrected chi connectivity index (χ4v) is 2.82. The van der Waals surface area contributed by atoms with Gasteiger partial charge in [0.05, 0.1) is 5.75 Å². The van der Waals surface area contributed by atoms with Crippen molar-refractivity contribution in [3.05, 3.63) is 34.9 Å². The van der Waals surface area contributed by atoms with E-state index in [4.69, 9.17) is 11.6 Å². The van der Waals surface area contributed by atoms with Gasteiger partial charge in [-0.3, -0.25) is 0 Å². The Labute approximate surface area is 114 Å². The van der Waals surface area contributed by atoms with Gasteiger partial charge in [-0.05, 0) is 31.8 Å². The van der Waals surface area contributed by atoms with Crippen LogP contribution in [-0.2, 0) is 15.8 Å². The van der Waals surface area contributed by atoms with Crippen LogP contribution in [0.15, 0.2) is 24.3 Å². The number of hydrogen-bond acceptors (Lipinski definition) is 3. The quantitative estimate of drug-likeness (QED) is 0.800. The molecular weight excluding hydrogens is 272 g/mol. The Balaban J connectivity index is 2.69. The molecule has 1 aromatic rings. The van der Waals surface area contributed by atoms with Crippen LogP contribution in [0.1, 0.15) is 5.56 Å². The first kappa shape index (κ1) is 15.4. The second-order valence-corrected chi connectivity index (χ2v) is 7.02. The second-order valence-electron chi connectivity index (χ2n) is 4.51. The van der Waals surface area contributed by atoms with E-state index < -0.39 is 10.0 Å². The SMILES string of the molecule is CN(C)CCN(C)S(=O)(=O)Cc1cccc(Cl)c1. The molecule has 1 rings (SSSR count). The highest BCUT2D eigenvalue weighted by Gasteiger charge is 2.18. The van der Waals surface area contributed by atoms with Crippen LogP contribution in [0.25, 0.3) is 0 Å². The van der Waals surface area contributed by atoms with Crippen LogP contribution in [-0.4, -0.2) is 51.9 Å². The molecule has 0 aliphatic rings. The van der Waals surface area contributed by atoms with Crippen molar-refractivity contribution in [3.8, 4) is 0 Å². The summed E-state index contributed by atoms with van der Waals surface area (Å²) in [5.74, 6) is -0.0164. The first-order chi connectivity index (χ1) is 8.31. The molecule has 0 aliphatic heterocycles. The van der Waals surface area contributed by atoms with Crippen molar-refractivity contribution in [2.75, 3.05) is 34.2 Å². The molecule has 0 atom stereocenters. The molecule has 0 aliphatic carbocycles. The lowest BCUT2D eigenvalue weighted by Gasteiger charge is -2.19. The third kappa shape index (κ3) is 4.94. The zero-order valence-corrected chi connectivity index (χ0v) is 12.5. The minimum atomic E-state index is -3.28. The molecule has 0 bridgehead atoms. The van der Waals surface area contributed by atoms with Crippen molar-refractivity contribution in [2.45, 2.75) is 5.75 Å². The van der Waals surface area contributed by atoms with Crippen molar-refractivity contribution in [3.63, 3.8) is 0 Å². The summed E-state index contributed by atoms with van der Waals surface area (Å²) in [6, 6.07) is 6.93. The predicted molar refractivity (Wildman–Crippen MR) is 75.3 cm³/mol. The van der Waals surface area contributed by atoms with Crippen LogP contribution in [0.2, 0.25) is 5.02 Å². The summed E-state index contributed by atoms with van der Waals surface area (Å²) < 4.78 is 25.6. The van der Waals surface area contributed by atoms with Gasteiger partial charge in [-0.1, -0.05) is 23.7 Å². The van der Waals surface area contributed by atoms with Gasteiger partial charge >= 0.3 is 0 Å². The highest BCUT2D eigenvalue weighted by atomic mass is 35.5. The van der Waals surface area contributed by atoms with Crippen LogP contribution >= 0.6 is 11.6 Å². The number of sulfonamides is 1. The van der Waals surface area contributed by atoms with Gasteiger partial charge in [0.15, 0.2) is 0 Å². The van der Waals surface area contributed by atoms with Gasteiger partial charge in [0.1, 0.15) is 0 Å². The Morgan fingerprint density at radius 3 is 2.39 bits per heavy atom. The van der Waals surface area contributed by atoms with Crippen molar-refractivity contribution in [2.24, 2.45) is 0 Å². The fraction of sp³-hybridized carbons (Fsp3) is 0.500. The van der Waals surface area contributed by atoms with E-state index in [1.54, 1.807) is 31.3 Å². The lowest BCUT2D eigenvalue weighted by Crippen LogP contribution is -2.34. The fourth-order valence-electron chi connectivity index (χ4n) is 1.43. The Morgan fingerprint density at radius 1 is 1.17 bits per heavy atom. The van der Waals surface area contributed by atoms with Crippen molar-refractivity contribution in [1.82, 2.24) is 9.21 Å². The minimum Gasteiger partial charge on any atom is -0.308 e. The molecule has 6 heteroatoms. The molecule has 0 aromatic heterocycles. The summed E-state index contributed by atoms with van der Waals surface area (Å²) in [5.41, 5.74) is 0.708. The second kappa shape index (κ2) is 6.52. The molecule has 0 amide bonds. The maximum Gasteiger partial charge on any atom is 0.218 e. The van der Waals surface area contributed by atoms with Gasteiger partial charge in [0, 0.05) is 25.2 Å². The first-order valence-corrected chi connectivity index (χ1v) is 7.63. The third-order valence-electron chi connectivity index (χ3n) is 2.58. The molecule has 0 fully saturated rings. The predicted octanol–water partition coefficient (Wildman–Crippen LogP) is 1.66. The van der Waals surface area contributed by atoms with E-state index in [0.717, 1.165) is 0 Å². The first-order valence-electron chi connectivity index (χ1n) is 5.64. The molecule has 0 saturated carbocycles. The Bertz CT molecular complexity index is 489.